The van der Waals surface area contributed by atoms with Crippen LogP contribution in [0, 0.1) is 0 Å². The Morgan fingerprint density at radius 1 is 1.11 bits per heavy atom. The predicted octanol–water partition coefficient (Wildman–Crippen LogP) is 3.27. The number of amides is 1. The van der Waals surface area contributed by atoms with Gasteiger partial charge in [-0.1, -0.05) is 50.3 Å². The fourth-order valence-electron chi connectivity index (χ4n) is 3.43. The quantitative estimate of drug-likeness (QED) is 0.772. The smallest absolute Gasteiger partial charge is 0.363 e. The molecule has 28 heavy (non-hydrogen) atoms. The third-order valence-electron chi connectivity index (χ3n) is 4.92. The molecule has 1 N–H and O–H groups in total. The van der Waals surface area contributed by atoms with Crippen molar-refractivity contribution in [1.82, 2.24) is 15.1 Å². The summed E-state index contributed by atoms with van der Waals surface area (Å²) in [5.74, 6) is -0.658. The van der Waals surface area contributed by atoms with Crippen molar-refractivity contribution in [3.8, 4) is 11.4 Å². The normalized spacial score (nSPS) is 15.3. The molecule has 1 saturated carbocycles. The number of hydrogen-bond donors (Lipinski definition) is 1. The highest BCUT2D eigenvalue weighted by molar-refractivity contribution is 5.92. The summed E-state index contributed by atoms with van der Waals surface area (Å²) < 4.78 is 12.0. The second-order valence-corrected chi connectivity index (χ2v) is 7.01. The lowest BCUT2D eigenvalue weighted by Gasteiger charge is -2.20. The lowest BCUT2D eigenvalue weighted by molar-refractivity contribution is -0.125. The van der Waals surface area contributed by atoms with E-state index in [9.17, 15) is 9.59 Å². The largest absolute Gasteiger partial charge is 0.493 e. The fraction of sp³-hybridized carbons (Fsp3) is 0.476. The first kappa shape index (κ1) is 19.9. The van der Waals surface area contributed by atoms with Crippen molar-refractivity contribution in [2.45, 2.75) is 51.0 Å². The Morgan fingerprint density at radius 3 is 2.46 bits per heavy atom. The van der Waals surface area contributed by atoms with E-state index in [4.69, 9.17) is 9.47 Å². The molecule has 1 aromatic carbocycles. The molecule has 0 unspecified atom stereocenters. The zero-order chi connectivity index (χ0) is 19.8. The van der Waals surface area contributed by atoms with Crippen molar-refractivity contribution in [3.05, 3.63) is 42.2 Å². The molecular formula is C21H27N3O4. The van der Waals surface area contributed by atoms with Crippen LogP contribution in [0.5, 0.6) is 5.75 Å². The third-order valence-corrected chi connectivity index (χ3v) is 4.92. The number of ether oxygens (including phenoxy) is 2. The number of para-hydroxylation sites is 1. The molecule has 0 radical (unpaired) electrons. The molecule has 150 valence electrons. The Bertz CT molecular complexity index is 780. The average Bonchev–Trinajstić information content (AvgIpc) is 3.13. The number of rotatable bonds is 6. The van der Waals surface area contributed by atoms with Crippen molar-refractivity contribution in [1.29, 1.82) is 0 Å². The van der Waals surface area contributed by atoms with Gasteiger partial charge in [0, 0.05) is 6.04 Å². The first-order valence-corrected chi connectivity index (χ1v) is 9.83. The molecule has 1 aliphatic carbocycles. The van der Waals surface area contributed by atoms with E-state index < -0.39 is 5.97 Å². The van der Waals surface area contributed by atoms with E-state index in [0.717, 1.165) is 31.4 Å². The second kappa shape index (κ2) is 9.92. The number of methoxy groups -OCH3 is 1. The van der Waals surface area contributed by atoms with Gasteiger partial charge in [-0.2, -0.15) is 5.10 Å². The minimum atomic E-state index is -0.681. The SMILES string of the molecule is COc1cn(-c2ccccc2)nc1C(=O)OCC(=O)NC1CCCCCCC1. The molecule has 1 heterocycles. The van der Waals surface area contributed by atoms with Crippen LogP contribution in [-0.4, -0.2) is 41.4 Å². The molecule has 7 nitrogen and oxygen atoms in total. The van der Waals surface area contributed by atoms with Crippen molar-refractivity contribution >= 4 is 11.9 Å². The molecule has 1 aromatic heterocycles. The fourth-order valence-corrected chi connectivity index (χ4v) is 3.43. The maximum atomic E-state index is 12.4. The molecule has 0 spiro atoms. The van der Waals surface area contributed by atoms with E-state index in [2.05, 4.69) is 10.4 Å². The van der Waals surface area contributed by atoms with Gasteiger partial charge >= 0.3 is 5.97 Å². The molecule has 0 saturated heterocycles. The minimum absolute atomic E-state index is 0.0464. The molecule has 3 rings (SSSR count). The van der Waals surface area contributed by atoms with Gasteiger partial charge in [0.15, 0.2) is 12.4 Å². The van der Waals surface area contributed by atoms with Crippen LogP contribution in [0.4, 0.5) is 0 Å². The zero-order valence-electron chi connectivity index (χ0n) is 16.2. The van der Waals surface area contributed by atoms with Gasteiger partial charge in [-0.3, -0.25) is 4.79 Å². The lowest BCUT2D eigenvalue weighted by atomic mass is 9.97. The lowest BCUT2D eigenvalue weighted by Crippen LogP contribution is -2.38. The number of esters is 1. The van der Waals surface area contributed by atoms with Gasteiger partial charge in [-0.25, -0.2) is 9.48 Å². The molecule has 7 heteroatoms. The van der Waals surface area contributed by atoms with E-state index in [1.807, 2.05) is 30.3 Å². The van der Waals surface area contributed by atoms with Crippen LogP contribution in [0.2, 0.25) is 0 Å². The van der Waals surface area contributed by atoms with Crippen LogP contribution in [-0.2, 0) is 9.53 Å². The van der Waals surface area contributed by atoms with E-state index >= 15 is 0 Å². The Hall–Kier alpha value is -2.83. The molecule has 1 amide bonds. The molecule has 0 bridgehead atoms. The van der Waals surface area contributed by atoms with E-state index in [1.165, 1.54) is 26.4 Å². The van der Waals surface area contributed by atoms with Gasteiger partial charge in [-0.05, 0) is 25.0 Å². The Balaban J connectivity index is 1.57. The maximum Gasteiger partial charge on any atom is 0.363 e. The van der Waals surface area contributed by atoms with Crippen molar-refractivity contribution < 1.29 is 19.1 Å². The summed E-state index contributed by atoms with van der Waals surface area (Å²) in [6.07, 6.45) is 9.52. The molecular weight excluding hydrogens is 358 g/mol. The number of nitrogens with zero attached hydrogens (tertiary/aromatic N) is 2. The van der Waals surface area contributed by atoms with Gasteiger partial charge in [0.2, 0.25) is 5.69 Å². The summed E-state index contributed by atoms with van der Waals surface area (Å²) >= 11 is 0. The highest BCUT2D eigenvalue weighted by Gasteiger charge is 2.21. The van der Waals surface area contributed by atoms with Gasteiger partial charge < -0.3 is 14.8 Å². The van der Waals surface area contributed by atoms with Crippen LogP contribution in [0.1, 0.15) is 55.4 Å². The van der Waals surface area contributed by atoms with Crippen molar-refractivity contribution in [2.24, 2.45) is 0 Å². The molecule has 1 fully saturated rings. The third kappa shape index (κ3) is 5.34. The van der Waals surface area contributed by atoms with Crippen LogP contribution < -0.4 is 10.1 Å². The maximum absolute atomic E-state index is 12.4. The highest BCUT2D eigenvalue weighted by atomic mass is 16.5. The van der Waals surface area contributed by atoms with Crippen LogP contribution in [0.25, 0.3) is 5.69 Å². The second-order valence-electron chi connectivity index (χ2n) is 7.01. The van der Waals surface area contributed by atoms with Crippen LogP contribution in [0.15, 0.2) is 36.5 Å². The van der Waals surface area contributed by atoms with Crippen molar-refractivity contribution in [3.63, 3.8) is 0 Å². The van der Waals surface area contributed by atoms with Gasteiger partial charge in [0.05, 0.1) is 19.0 Å². The van der Waals surface area contributed by atoms with Crippen molar-refractivity contribution in [2.75, 3.05) is 13.7 Å². The van der Waals surface area contributed by atoms with E-state index in [-0.39, 0.29) is 24.2 Å². The number of hydrogen-bond acceptors (Lipinski definition) is 5. The molecule has 1 aliphatic rings. The number of aromatic nitrogens is 2. The Labute approximate surface area is 165 Å². The Kier molecular flexibility index (Phi) is 7.06. The summed E-state index contributed by atoms with van der Waals surface area (Å²) in [5.41, 5.74) is 0.840. The van der Waals surface area contributed by atoms with Gasteiger partial charge in [0.1, 0.15) is 0 Å². The first-order valence-electron chi connectivity index (χ1n) is 9.83. The summed E-state index contributed by atoms with van der Waals surface area (Å²) in [6, 6.07) is 9.54. The van der Waals surface area contributed by atoms with E-state index in [0.29, 0.717) is 5.75 Å². The average molecular weight is 385 g/mol. The summed E-state index contributed by atoms with van der Waals surface area (Å²) in [7, 11) is 1.46. The number of carbonyl (C=O) groups is 2. The summed E-state index contributed by atoms with van der Waals surface area (Å²) in [5, 5.41) is 7.23. The number of nitrogens with one attached hydrogen (secondary N) is 1. The standard InChI is InChI=1S/C21H27N3O4/c1-27-18-14-24(17-12-8-5-9-13-17)23-20(18)21(26)28-15-19(25)22-16-10-6-3-2-4-7-11-16/h5,8-9,12-14,16H,2-4,6-7,10-11,15H2,1H3,(H,22,25). The van der Waals surface area contributed by atoms with E-state index in [1.54, 1.807) is 10.9 Å². The molecule has 0 atom stereocenters. The van der Waals surface area contributed by atoms with Gasteiger partial charge in [-0.15, -0.1) is 0 Å². The van der Waals surface area contributed by atoms with Crippen LogP contribution in [0.3, 0.4) is 0 Å². The molecule has 0 aliphatic heterocycles. The summed E-state index contributed by atoms with van der Waals surface area (Å²) in [6.45, 7) is -0.323. The molecule has 2 aromatic rings. The highest BCUT2D eigenvalue weighted by Crippen LogP contribution is 2.20. The monoisotopic (exact) mass is 385 g/mol. The summed E-state index contributed by atoms with van der Waals surface area (Å²) in [4.78, 5) is 24.6. The predicted molar refractivity (Wildman–Crippen MR) is 105 cm³/mol. The van der Waals surface area contributed by atoms with Gasteiger partial charge in [0.25, 0.3) is 5.91 Å². The topological polar surface area (TPSA) is 82.5 Å². The first-order chi connectivity index (χ1) is 13.7. The minimum Gasteiger partial charge on any atom is -0.493 e. The zero-order valence-corrected chi connectivity index (χ0v) is 16.2. The number of carbonyl (C=O) groups excluding carboxylic acids is 2. The number of benzene rings is 1. The van der Waals surface area contributed by atoms with Crippen LogP contribution >= 0.6 is 0 Å². The Morgan fingerprint density at radius 2 is 1.79 bits per heavy atom.